The third-order valence-electron chi connectivity index (χ3n) is 3.90. The van der Waals surface area contributed by atoms with Crippen molar-refractivity contribution in [1.29, 1.82) is 0 Å². The molecular weight excluding hydrogens is 224 g/mol. The fourth-order valence-corrected chi connectivity index (χ4v) is 2.96. The van der Waals surface area contributed by atoms with E-state index in [9.17, 15) is 4.79 Å². The van der Waals surface area contributed by atoms with Gasteiger partial charge in [0.05, 0.1) is 18.0 Å². The summed E-state index contributed by atoms with van der Waals surface area (Å²) in [4.78, 5) is 16.8. The topological polar surface area (TPSA) is 34.4 Å². The maximum atomic E-state index is 12.6. The summed E-state index contributed by atoms with van der Waals surface area (Å²) in [6.45, 7) is 2.02. The van der Waals surface area contributed by atoms with E-state index in [1.165, 1.54) is 19.3 Å². The van der Waals surface area contributed by atoms with Crippen LogP contribution in [0.4, 0.5) is 0 Å². The summed E-state index contributed by atoms with van der Waals surface area (Å²) >= 11 is 0. The molecule has 0 bridgehead atoms. The average Bonchev–Trinajstić information content (AvgIpc) is 2.86. The smallest absolute Gasteiger partial charge is 0.168 e. The molecule has 2 aromatic heterocycles. The molecule has 1 saturated carbocycles. The summed E-state index contributed by atoms with van der Waals surface area (Å²) in [5.74, 6) is 0.531. The largest absolute Gasteiger partial charge is 0.305 e. The highest BCUT2D eigenvalue weighted by Crippen LogP contribution is 2.28. The van der Waals surface area contributed by atoms with E-state index in [2.05, 4.69) is 4.98 Å². The predicted octanol–water partition coefficient (Wildman–Crippen LogP) is 3.41. The number of aromatic nitrogens is 2. The van der Waals surface area contributed by atoms with E-state index in [0.717, 1.165) is 29.5 Å². The van der Waals surface area contributed by atoms with Crippen LogP contribution in [0.3, 0.4) is 0 Å². The van der Waals surface area contributed by atoms with Gasteiger partial charge < -0.3 is 4.40 Å². The van der Waals surface area contributed by atoms with Crippen LogP contribution < -0.4 is 0 Å². The maximum absolute atomic E-state index is 12.6. The first-order chi connectivity index (χ1) is 8.75. The molecule has 1 aliphatic carbocycles. The second kappa shape index (κ2) is 4.56. The lowest BCUT2D eigenvalue weighted by molar-refractivity contribution is 0.0891. The SMILES string of the molecule is Cc1cc(C(=O)C2CCCCC2)c2cncn2c1. The zero-order chi connectivity index (χ0) is 12.5. The lowest BCUT2D eigenvalue weighted by atomic mass is 9.83. The average molecular weight is 242 g/mol. The van der Waals surface area contributed by atoms with Crippen LogP contribution in [0.25, 0.3) is 5.52 Å². The summed E-state index contributed by atoms with van der Waals surface area (Å²) in [6.07, 6.45) is 11.3. The molecular formula is C15H18N2O. The van der Waals surface area contributed by atoms with Gasteiger partial charge in [-0.3, -0.25) is 4.79 Å². The van der Waals surface area contributed by atoms with E-state index >= 15 is 0 Å². The Hall–Kier alpha value is -1.64. The van der Waals surface area contributed by atoms with Crippen molar-refractivity contribution < 1.29 is 4.79 Å². The first-order valence-corrected chi connectivity index (χ1v) is 6.72. The number of imidazole rings is 1. The molecule has 0 aromatic carbocycles. The van der Waals surface area contributed by atoms with Crippen LogP contribution >= 0.6 is 0 Å². The standard InChI is InChI=1S/C15H18N2O/c1-11-7-13(14-8-16-10-17(14)9-11)15(18)12-5-3-2-4-6-12/h7-10,12H,2-6H2,1H3. The Morgan fingerprint density at radius 2 is 2.11 bits per heavy atom. The molecule has 1 aliphatic rings. The minimum atomic E-state index is 0.222. The molecule has 2 heterocycles. The molecule has 2 aromatic rings. The number of ketones is 1. The lowest BCUT2D eigenvalue weighted by Gasteiger charge is -2.20. The molecule has 0 atom stereocenters. The van der Waals surface area contributed by atoms with Crippen molar-refractivity contribution in [2.45, 2.75) is 39.0 Å². The van der Waals surface area contributed by atoms with E-state index in [4.69, 9.17) is 0 Å². The van der Waals surface area contributed by atoms with Crippen molar-refractivity contribution >= 4 is 11.3 Å². The van der Waals surface area contributed by atoms with Crippen molar-refractivity contribution in [3.05, 3.63) is 35.9 Å². The van der Waals surface area contributed by atoms with Crippen LogP contribution in [0.1, 0.15) is 48.0 Å². The molecule has 1 fully saturated rings. The number of carbonyl (C=O) groups excluding carboxylic acids is 1. The third-order valence-corrected chi connectivity index (χ3v) is 3.90. The minimum Gasteiger partial charge on any atom is -0.305 e. The Balaban J connectivity index is 2.02. The summed E-state index contributed by atoms with van der Waals surface area (Å²) in [6, 6.07) is 2.01. The van der Waals surface area contributed by atoms with Gasteiger partial charge >= 0.3 is 0 Å². The van der Waals surface area contributed by atoms with Gasteiger partial charge in [-0.2, -0.15) is 0 Å². The molecule has 0 radical (unpaired) electrons. The lowest BCUT2D eigenvalue weighted by Crippen LogP contribution is -2.18. The molecule has 18 heavy (non-hydrogen) atoms. The fourth-order valence-electron chi connectivity index (χ4n) is 2.96. The summed E-state index contributed by atoms with van der Waals surface area (Å²) in [5, 5.41) is 0. The zero-order valence-electron chi connectivity index (χ0n) is 10.7. The molecule has 94 valence electrons. The molecule has 3 heteroatoms. The number of hydrogen-bond donors (Lipinski definition) is 0. The number of pyridine rings is 1. The number of carbonyl (C=O) groups is 1. The van der Waals surface area contributed by atoms with Gasteiger partial charge in [0, 0.05) is 17.7 Å². The normalized spacial score (nSPS) is 17.2. The van der Waals surface area contributed by atoms with E-state index in [-0.39, 0.29) is 5.92 Å². The zero-order valence-corrected chi connectivity index (χ0v) is 10.7. The Morgan fingerprint density at radius 1 is 1.33 bits per heavy atom. The van der Waals surface area contributed by atoms with Crippen molar-refractivity contribution in [2.24, 2.45) is 5.92 Å². The highest BCUT2D eigenvalue weighted by molar-refractivity contribution is 6.03. The van der Waals surface area contributed by atoms with Gasteiger partial charge in [0.2, 0.25) is 0 Å². The third kappa shape index (κ3) is 1.94. The monoisotopic (exact) mass is 242 g/mol. The summed E-state index contributed by atoms with van der Waals surface area (Å²) < 4.78 is 1.95. The molecule has 0 aliphatic heterocycles. The van der Waals surface area contributed by atoms with E-state index in [1.807, 2.05) is 23.6 Å². The Labute approximate surface area is 107 Å². The van der Waals surface area contributed by atoms with Crippen molar-refractivity contribution in [3.63, 3.8) is 0 Å². The Bertz CT molecular complexity index is 579. The van der Waals surface area contributed by atoms with Crippen LogP contribution in [0.5, 0.6) is 0 Å². The van der Waals surface area contributed by atoms with Crippen LogP contribution in [0.2, 0.25) is 0 Å². The first-order valence-electron chi connectivity index (χ1n) is 6.72. The molecule has 0 N–H and O–H groups in total. The van der Waals surface area contributed by atoms with Gasteiger partial charge in [-0.1, -0.05) is 19.3 Å². The number of Topliss-reactive ketones (excluding diaryl/α,β-unsaturated/α-hetero) is 1. The predicted molar refractivity (Wildman–Crippen MR) is 70.8 cm³/mol. The number of hydrogen-bond acceptors (Lipinski definition) is 2. The van der Waals surface area contributed by atoms with Gasteiger partial charge in [0.15, 0.2) is 5.78 Å². The van der Waals surface area contributed by atoms with Crippen LogP contribution in [0, 0.1) is 12.8 Å². The highest BCUT2D eigenvalue weighted by Gasteiger charge is 2.24. The second-order valence-electron chi connectivity index (χ2n) is 5.32. The van der Waals surface area contributed by atoms with Gasteiger partial charge in [0.25, 0.3) is 0 Å². The summed E-state index contributed by atoms with van der Waals surface area (Å²) in [7, 11) is 0. The maximum Gasteiger partial charge on any atom is 0.168 e. The number of aryl methyl sites for hydroxylation is 1. The van der Waals surface area contributed by atoms with Crippen molar-refractivity contribution in [1.82, 2.24) is 9.38 Å². The number of fused-ring (bicyclic) bond motifs is 1. The second-order valence-corrected chi connectivity index (χ2v) is 5.32. The number of nitrogens with zero attached hydrogens (tertiary/aromatic N) is 2. The van der Waals surface area contributed by atoms with Crippen LogP contribution in [0.15, 0.2) is 24.8 Å². The van der Waals surface area contributed by atoms with Gasteiger partial charge in [-0.05, 0) is 31.4 Å². The molecule has 0 spiro atoms. The van der Waals surface area contributed by atoms with Gasteiger partial charge in [0.1, 0.15) is 0 Å². The first kappa shape index (κ1) is 11.5. The van der Waals surface area contributed by atoms with Gasteiger partial charge in [-0.25, -0.2) is 4.98 Å². The van der Waals surface area contributed by atoms with E-state index in [1.54, 1.807) is 12.5 Å². The van der Waals surface area contributed by atoms with Crippen LogP contribution in [-0.4, -0.2) is 15.2 Å². The van der Waals surface area contributed by atoms with Gasteiger partial charge in [-0.15, -0.1) is 0 Å². The van der Waals surface area contributed by atoms with E-state index < -0.39 is 0 Å². The Kier molecular flexibility index (Phi) is 2.90. The van der Waals surface area contributed by atoms with Crippen molar-refractivity contribution in [2.75, 3.05) is 0 Å². The Morgan fingerprint density at radius 3 is 2.89 bits per heavy atom. The van der Waals surface area contributed by atoms with Crippen molar-refractivity contribution in [3.8, 4) is 0 Å². The highest BCUT2D eigenvalue weighted by atomic mass is 16.1. The molecule has 0 unspecified atom stereocenters. The number of rotatable bonds is 2. The quantitative estimate of drug-likeness (QED) is 0.756. The summed E-state index contributed by atoms with van der Waals surface area (Å²) in [5.41, 5.74) is 2.90. The minimum absolute atomic E-state index is 0.222. The van der Waals surface area contributed by atoms with Crippen LogP contribution in [-0.2, 0) is 0 Å². The molecule has 3 nitrogen and oxygen atoms in total. The molecule has 0 saturated heterocycles. The fraction of sp³-hybridized carbons (Fsp3) is 0.467. The van der Waals surface area contributed by atoms with E-state index in [0.29, 0.717) is 5.78 Å². The molecule has 0 amide bonds. The molecule has 3 rings (SSSR count).